The lowest BCUT2D eigenvalue weighted by molar-refractivity contribution is 0.0566. The standard InChI is InChI=1S/C12H20/c1-8-6-11-5-3-9-2-4-10(9)7-12(8)11/h8-12H,2-7H2,1H3. The van der Waals surface area contributed by atoms with E-state index in [1.165, 1.54) is 11.8 Å². The maximum absolute atomic E-state index is 2.47. The van der Waals surface area contributed by atoms with Gasteiger partial charge in [0.15, 0.2) is 0 Å². The molecule has 3 rings (SSSR count). The number of rotatable bonds is 0. The van der Waals surface area contributed by atoms with Crippen LogP contribution in [0, 0.1) is 29.6 Å². The van der Waals surface area contributed by atoms with Gasteiger partial charge in [0.25, 0.3) is 0 Å². The summed E-state index contributed by atoms with van der Waals surface area (Å²) in [6, 6.07) is 0. The second-order valence-corrected chi connectivity index (χ2v) is 5.55. The van der Waals surface area contributed by atoms with Crippen LogP contribution in [0.2, 0.25) is 0 Å². The van der Waals surface area contributed by atoms with Crippen LogP contribution in [0.4, 0.5) is 0 Å². The van der Waals surface area contributed by atoms with Crippen LogP contribution in [0.5, 0.6) is 0 Å². The minimum absolute atomic E-state index is 1.08. The van der Waals surface area contributed by atoms with Gasteiger partial charge in [-0.05, 0) is 68.1 Å². The van der Waals surface area contributed by atoms with Crippen molar-refractivity contribution in [3.05, 3.63) is 0 Å². The summed E-state index contributed by atoms with van der Waals surface area (Å²) in [6.45, 7) is 2.47. The van der Waals surface area contributed by atoms with E-state index in [4.69, 9.17) is 0 Å². The van der Waals surface area contributed by atoms with Crippen molar-refractivity contribution < 1.29 is 0 Å². The molecule has 0 aromatic heterocycles. The van der Waals surface area contributed by atoms with Crippen LogP contribution in [0.15, 0.2) is 0 Å². The van der Waals surface area contributed by atoms with Gasteiger partial charge in [0.05, 0.1) is 0 Å². The third kappa shape index (κ3) is 0.900. The van der Waals surface area contributed by atoms with E-state index in [-0.39, 0.29) is 0 Å². The Kier molecular flexibility index (Phi) is 1.54. The van der Waals surface area contributed by atoms with Gasteiger partial charge in [-0.2, -0.15) is 0 Å². The van der Waals surface area contributed by atoms with Crippen LogP contribution in [-0.2, 0) is 0 Å². The molecule has 3 fully saturated rings. The van der Waals surface area contributed by atoms with Crippen molar-refractivity contribution in [3.63, 3.8) is 0 Å². The average molecular weight is 164 g/mol. The van der Waals surface area contributed by atoms with Gasteiger partial charge >= 0.3 is 0 Å². The minimum atomic E-state index is 1.08. The van der Waals surface area contributed by atoms with Crippen molar-refractivity contribution >= 4 is 0 Å². The van der Waals surface area contributed by atoms with E-state index in [0.29, 0.717) is 0 Å². The second kappa shape index (κ2) is 2.49. The van der Waals surface area contributed by atoms with Crippen molar-refractivity contribution in [2.45, 2.75) is 45.4 Å². The van der Waals surface area contributed by atoms with Gasteiger partial charge in [-0.1, -0.05) is 6.92 Å². The Balaban J connectivity index is 1.72. The van der Waals surface area contributed by atoms with Crippen LogP contribution in [0.1, 0.15) is 45.4 Å². The fourth-order valence-electron chi connectivity index (χ4n) is 3.96. The first-order chi connectivity index (χ1) is 5.84. The maximum atomic E-state index is 2.47. The highest BCUT2D eigenvalue weighted by atomic mass is 14.5. The lowest BCUT2D eigenvalue weighted by Crippen LogP contribution is -2.35. The topological polar surface area (TPSA) is 0 Å². The normalized spacial score (nSPS) is 57.2. The molecule has 0 N–H and O–H groups in total. The Morgan fingerprint density at radius 3 is 2.08 bits per heavy atom. The number of hydrogen-bond donors (Lipinski definition) is 0. The molecule has 3 saturated carbocycles. The summed E-state index contributed by atoms with van der Waals surface area (Å²) in [5.41, 5.74) is 0. The molecule has 0 aromatic carbocycles. The van der Waals surface area contributed by atoms with E-state index in [2.05, 4.69) is 6.92 Å². The molecule has 0 aromatic rings. The molecule has 3 aliphatic rings. The van der Waals surface area contributed by atoms with Crippen molar-refractivity contribution in [3.8, 4) is 0 Å². The zero-order chi connectivity index (χ0) is 8.13. The third-order valence-electron chi connectivity index (χ3n) is 5.07. The highest BCUT2D eigenvalue weighted by molar-refractivity contribution is 4.95. The van der Waals surface area contributed by atoms with E-state index in [1.807, 2.05) is 0 Å². The SMILES string of the molecule is CC1CC2CCC3CCC3CC12. The zero-order valence-electron chi connectivity index (χ0n) is 8.13. The number of hydrogen-bond acceptors (Lipinski definition) is 0. The van der Waals surface area contributed by atoms with Crippen molar-refractivity contribution in [1.29, 1.82) is 0 Å². The van der Waals surface area contributed by atoms with Crippen LogP contribution in [0.25, 0.3) is 0 Å². The van der Waals surface area contributed by atoms with Crippen molar-refractivity contribution in [2.75, 3.05) is 0 Å². The van der Waals surface area contributed by atoms with Crippen molar-refractivity contribution in [1.82, 2.24) is 0 Å². The van der Waals surface area contributed by atoms with Crippen LogP contribution < -0.4 is 0 Å². The predicted molar refractivity (Wildman–Crippen MR) is 50.8 cm³/mol. The molecule has 0 heterocycles. The van der Waals surface area contributed by atoms with Gasteiger partial charge in [-0.15, -0.1) is 0 Å². The van der Waals surface area contributed by atoms with E-state index in [0.717, 1.165) is 17.8 Å². The van der Waals surface area contributed by atoms with Crippen LogP contribution >= 0.6 is 0 Å². The van der Waals surface area contributed by atoms with E-state index >= 15 is 0 Å². The lowest BCUT2D eigenvalue weighted by atomic mass is 9.61. The van der Waals surface area contributed by atoms with Gasteiger partial charge < -0.3 is 0 Å². The lowest BCUT2D eigenvalue weighted by Gasteiger charge is -2.44. The van der Waals surface area contributed by atoms with Crippen LogP contribution in [-0.4, -0.2) is 0 Å². The summed E-state index contributed by atoms with van der Waals surface area (Å²) in [7, 11) is 0. The molecule has 0 nitrogen and oxygen atoms in total. The molecule has 0 heteroatoms. The number of fused-ring (bicyclic) bond motifs is 2. The summed E-state index contributed by atoms with van der Waals surface area (Å²) in [4.78, 5) is 0. The molecule has 68 valence electrons. The van der Waals surface area contributed by atoms with E-state index in [1.54, 1.807) is 38.5 Å². The summed E-state index contributed by atoms with van der Waals surface area (Å²) in [5.74, 6) is 5.73. The molecular formula is C12H20. The average Bonchev–Trinajstić information content (AvgIpc) is 2.08. The third-order valence-corrected chi connectivity index (χ3v) is 5.07. The molecule has 3 aliphatic carbocycles. The Labute approximate surface area is 75.7 Å². The van der Waals surface area contributed by atoms with Gasteiger partial charge in [-0.3, -0.25) is 0 Å². The molecule has 0 saturated heterocycles. The smallest absolute Gasteiger partial charge is 0.0357 e. The molecule has 0 amide bonds. The van der Waals surface area contributed by atoms with Gasteiger partial charge in [0.2, 0.25) is 0 Å². The summed E-state index contributed by atoms with van der Waals surface area (Å²) in [6.07, 6.45) is 9.47. The molecule has 5 unspecified atom stereocenters. The highest BCUT2D eigenvalue weighted by Gasteiger charge is 2.45. The van der Waals surface area contributed by atoms with Crippen LogP contribution in [0.3, 0.4) is 0 Å². The second-order valence-electron chi connectivity index (χ2n) is 5.55. The van der Waals surface area contributed by atoms with Gasteiger partial charge in [0, 0.05) is 0 Å². The highest BCUT2D eigenvalue weighted by Crippen LogP contribution is 2.55. The minimum Gasteiger partial charge on any atom is -0.0622 e. The van der Waals surface area contributed by atoms with E-state index in [9.17, 15) is 0 Å². The largest absolute Gasteiger partial charge is 0.0622 e. The van der Waals surface area contributed by atoms with E-state index < -0.39 is 0 Å². The Morgan fingerprint density at radius 2 is 1.42 bits per heavy atom. The molecule has 5 atom stereocenters. The Bertz CT molecular complexity index is 184. The Hall–Kier alpha value is 0. The predicted octanol–water partition coefficient (Wildman–Crippen LogP) is 3.47. The maximum Gasteiger partial charge on any atom is -0.0357 e. The molecule has 0 bridgehead atoms. The monoisotopic (exact) mass is 164 g/mol. The summed E-state index contributed by atoms with van der Waals surface area (Å²) < 4.78 is 0. The van der Waals surface area contributed by atoms with Crippen molar-refractivity contribution in [2.24, 2.45) is 29.6 Å². The molecular weight excluding hydrogens is 144 g/mol. The Morgan fingerprint density at radius 1 is 0.750 bits per heavy atom. The fourth-order valence-corrected chi connectivity index (χ4v) is 3.96. The fraction of sp³-hybridized carbons (Fsp3) is 1.00. The first-order valence-electron chi connectivity index (χ1n) is 5.84. The molecule has 12 heavy (non-hydrogen) atoms. The van der Waals surface area contributed by atoms with Gasteiger partial charge in [-0.25, -0.2) is 0 Å². The first kappa shape index (κ1) is 7.41. The molecule has 0 spiro atoms. The summed E-state index contributed by atoms with van der Waals surface area (Å²) in [5, 5.41) is 0. The molecule has 0 radical (unpaired) electrons. The summed E-state index contributed by atoms with van der Waals surface area (Å²) >= 11 is 0. The first-order valence-corrected chi connectivity index (χ1v) is 5.84. The van der Waals surface area contributed by atoms with Gasteiger partial charge in [0.1, 0.15) is 0 Å². The molecule has 0 aliphatic heterocycles. The zero-order valence-corrected chi connectivity index (χ0v) is 8.13. The quantitative estimate of drug-likeness (QED) is 0.514.